The van der Waals surface area contributed by atoms with Crippen molar-refractivity contribution in [3.63, 3.8) is 0 Å². The molecule has 3 aromatic rings. The molecule has 1 N–H and O–H groups in total. The fourth-order valence-corrected chi connectivity index (χ4v) is 3.27. The average molecular weight is 343 g/mol. The fourth-order valence-electron chi connectivity index (χ4n) is 3.27. The Kier molecular flexibility index (Phi) is 4.32. The van der Waals surface area contributed by atoms with E-state index in [9.17, 15) is 0 Å². The van der Waals surface area contributed by atoms with Crippen molar-refractivity contribution in [1.29, 1.82) is 5.41 Å². The number of para-hydroxylation sites is 4. The Balaban J connectivity index is 1.63. The zero-order valence-electron chi connectivity index (χ0n) is 14.7. The molecule has 1 aliphatic rings. The summed E-state index contributed by atoms with van der Waals surface area (Å²) in [5, 5.41) is 8.71. The number of benzene rings is 3. The van der Waals surface area contributed by atoms with E-state index in [-0.39, 0.29) is 0 Å². The number of anilines is 2. The molecule has 4 nitrogen and oxygen atoms in total. The van der Waals surface area contributed by atoms with E-state index >= 15 is 0 Å². The number of guanidine groups is 1. The van der Waals surface area contributed by atoms with E-state index in [2.05, 4.69) is 24.0 Å². The van der Waals surface area contributed by atoms with Crippen LogP contribution in [0.25, 0.3) is 0 Å². The van der Waals surface area contributed by atoms with Gasteiger partial charge in [0.05, 0.1) is 5.69 Å². The van der Waals surface area contributed by atoms with E-state index in [0.29, 0.717) is 5.96 Å². The predicted molar refractivity (Wildman–Crippen MR) is 107 cm³/mol. The topological polar surface area (TPSA) is 39.6 Å². The van der Waals surface area contributed by atoms with Gasteiger partial charge < -0.3 is 14.5 Å². The SMILES string of the molecule is Cc1ccccc1N1CCN(c2ccccc2Oc2ccccc2)C1=N. The minimum absolute atomic E-state index is 0.475. The molecule has 4 heteroatoms. The van der Waals surface area contributed by atoms with Gasteiger partial charge in [0.1, 0.15) is 5.75 Å². The molecule has 0 unspecified atom stereocenters. The summed E-state index contributed by atoms with van der Waals surface area (Å²) < 4.78 is 6.08. The summed E-state index contributed by atoms with van der Waals surface area (Å²) in [4.78, 5) is 4.05. The smallest absolute Gasteiger partial charge is 0.203 e. The largest absolute Gasteiger partial charge is 0.455 e. The van der Waals surface area contributed by atoms with Crippen molar-refractivity contribution in [2.75, 3.05) is 22.9 Å². The summed E-state index contributed by atoms with van der Waals surface area (Å²) in [6.07, 6.45) is 0. The average Bonchev–Trinajstić information content (AvgIpc) is 3.05. The van der Waals surface area contributed by atoms with Gasteiger partial charge in [-0.3, -0.25) is 5.41 Å². The third-order valence-electron chi connectivity index (χ3n) is 4.59. The molecular weight excluding hydrogens is 322 g/mol. The number of ether oxygens (including phenoxy) is 1. The lowest BCUT2D eigenvalue weighted by Gasteiger charge is -2.24. The number of nitrogens with one attached hydrogen (secondary N) is 1. The van der Waals surface area contributed by atoms with Crippen molar-refractivity contribution < 1.29 is 4.74 Å². The molecule has 0 aromatic heterocycles. The first-order chi connectivity index (χ1) is 12.7. The van der Waals surface area contributed by atoms with Crippen LogP contribution in [0.2, 0.25) is 0 Å². The Morgan fingerprint density at radius 2 is 1.31 bits per heavy atom. The van der Waals surface area contributed by atoms with E-state index in [0.717, 1.165) is 36.0 Å². The first-order valence-corrected chi connectivity index (χ1v) is 8.75. The van der Waals surface area contributed by atoms with Crippen LogP contribution in [-0.4, -0.2) is 19.0 Å². The summed E-state index contributed by atoms with van der Waals surface area (Å²) in [5.41, 5.74) is 3.17. The standard InChI is InChI=1S/C22H21N3O/c1-17-9-5-6-12-19(17)24-15-16-25(22(24)23)20-13-7-8-14-21(20)26-18-10-3-2-4-11-18/h2-14,23H,15-16H2,1H3. The van der Waals surface area contributed by atoms with Crippen LogP contribution in [0.15, 0.2) is 78.9 Å². The Labute approximate surface area is 153 Å². The van der Waals surface area contributed by atoms with Gasteiger partial charge in [0.2, 0.25) is 5.96 Å². The number of hydrogen-bond donors (Lipinski definition) is 1. The molecular formula is C22H21N3O. The summed E-state index contributed by atoms with van der Waals surface area (Å²) >= 11 is 0. The molecule has 0 saturated carbocycles. The molecule has 1 fully saturated rings. The van der Waals surface area contributed by atoms with Crippen molar-refractivity contribution in [2.24, 2.45) is 0 Å². The van der Waals surface area contributed by atoms with Gasteiger partial charge in [0.25, 0.3) is 0 Å². The molecule has 26 heavy (non-hydrogen) atoms. The van der Waals surface area contributed by atoms with Gasteiger partial charge in [-0.2, -0.15) is 0 Å². The zero-order chi connectivity index (χ0) is 17.9. The number of nitrogens with zero attached hydrogens (tertiary/aromatic N) is 2. The second-order valence-electron chi connectivity index (χ2n) is 6.30. The van der Waals surface area contributed by atoms with Crippen LogP contribution in [0.5, 0.6) is 11.5 Å². The van der Waals surface area contributed by atoms with Gasteiger partial charge in [-0.1, -0.05) is 48.5 Å². The molecule has 0 spiro atoms. The minimum Gasteiger partial charge on any atom is -0.455 e. The van der Waals surface area contributed by atoms with Crippen LogP contribution in [-0.2, 0) is 0 Å². The van der Waals surface area contributed by atoms with Gasteiger partial charge in [0.15, 0.2) is 5.75 Å². The lowest BCUT2D eigenvalue weighted by molar-refractivity contribution is 0.483. The second-order valence-corrected chi connectivity index (χ2v) is 6.30. The second kappa shape index (κ2) is 6.92. The van der Waals surface area contributed by atoms with Crippen LogP contribution < -0.4 is 14.5 Å². The van der Waals surface area contributed by atoms with Crippen LogP contribution in [0.4, 0.5) is 11.4 Å². The summed E-state index contributed by atoms with van der Waals surface area (Å²) in [5.74, 6) is 2.03. The molecule has 1 saturated heterocycles. The Morgan fingerprint density at radius 1 is 0.731 bits per heavy atom. The van der Waals surface area contributed by atoms with Crippen molar-refractivity contribution in [3.8, 4) is 11.5 Å². The van der Waals surface area contributed by atoms with Gasteiger partial charge in [-0.05, 0) is 42.8 Å². The number of aryl methyl sites for hydroxylation is 1. The highest BCUT2D eigenvalue weighted by atomic mass is 16.5. The summed E-state index contributed by atoms with van der Waals surface area (Å²) in [6, 6.07) is 25.8. The quantitative estimate of drug-likeness (QED) is 0.720. The van der Waals surface area contributed by atoms with Gasteiger partial charge in [0, 0.05) is 18.8 Å². The van der Waals surface area contributed by atoms with Gasteiger partial charge in [-0.25, -0.2) is 0 Å². The van der Waals surface area contributed by atoms with Crippen molar-refractivity contribution >= 4 is 17.3 Å². The first-order valence-electron chi connectivity index (χ1n) is 8.75. The Bertz CT molecular complexity index is 923. The molecule has 0 aliphatic carbocycles. The Morgan fingerprint density at radius 3 is 2.04 bits per heavy atom. The molecule has 0 radical (unpaired) electrons. The highest BCUT2D eigenvalue weighted by Gasteiger charge is 2.29. The van der Waals surface area contributed by atoms with E-state index in [1.165, 1.54) is 5.56 Å². The number of hydrogen-bond acceptors (Lipinski definition) is 2. The van der Waals surface area contributed by atoms with Crippen LogP contribution in [0, 0.1) is 12.3 Å². The maximum absolute atomic E-state index is 8.71. The third kappa shape index (κ3) is 3.02. The van der Waals surface area contributed by atoms with Crippen molar-refractivity contribution in [3.05, 3.63) is 84.4 Å². The van der Waals surface area contributed by atoms with E-state index in [4.69, 9.17) is 10.1 Å². The molecule has 3 aromatic carbocycles. The zero-order valence-corrected chi connectivity index (χ0v) is 14.7. The maximum atomic E-state index is 8.71. The lowest BCUT2D eigenvalue weighted by Crippen LogP contribution is -2.33. The third-order valence-corrected chi connectivity index (χ3v) is 4.59. The molecule has 4 rings (SSSR count). The predicted octanol–water partition coefficient (Wildman–Crippen LogP) is 5.05. The Hall–Kier alpha value is -3.27. The highest BCUT2D eigenvalue weighted by molar-refractivity contribution is 6.08. The van der Waals surface area contributed by atoms with E-state index in [1.807, 2.05) is 71.6 Å². The van der Waals surface area contributed by atoms with Crippen molar-refractivity contribution in [1.82, 2.24) is 0 Å². The number of rotatable bonds is 4. The maximum Gasteiger partial charge on any atom is 0.203 e. The molecule has 0 atom stereocenters. The molecule has 130 valence electrons. The van der Waals surface area contributed by atoms with Crippen LogP contribution >= 0.6 is 0 Å². The van der Waals surface area contributed by atoms with E-state index < -0.39 is 0 Å². The van der Waals surface area contributed by atoms with Gasteiger partial charge in [-0.15, -0.1) is 0 Å². The molecule has 1 heterocycles. The van der Waals surface area contributed by atoms with E-state index in [1.54, 1.807) is 0 Å². The monoisotopic (exact) mass is 343 g/mol. The summed E-state index contributed by atoms with van der Waals surface area (Å²) in [6.45, 7) is 3.61. The molecule has 0 bridgehead atoms. The van der Waals surface area contributed by atoms with Gasteiger partial charge >= 0.3 is 0 Å². The molecule has 0 amide bonds. The lowest BCUT2D eigenvalue weighted by atomic mass is 10.2. The normalized spacial score (nSPS) is 14.0. The summed E-state index contributed by atoms with van der Waals surface area (Å²) in [7, 11) is 0. The van der Waals surface area contributed by atoms with Crippen LogP contribution in [0.3, 0.4) is 0 Å². The minimum atomic E-state index is 0.475. The fraction of sp³-hybridized carbons (Fsp3) is 0.136. The molecule has 1 aliphatic heterocycles. The van der Waals surface area contributed by atoms with Crippen molar-refractivity contribution in [2.45, 2.75) is 6.92 Å². The first kappa shape index (κ1) is 16.2. The van der Waals surface area contributed by atoms with Crippen LogP contribution in [0.1, 0.15) is 5.56 Å². The highest BCUT2D eigenvalue weighted by Crippen LogP contribution is 2.35.